The van der Waals surface area contributed by atoms with Crippen molar-refractivity contribution in [3.8, 4) is 5.75 Å². The van der Waals surface area contributed by atoms with Gasteiger partial charge in [0.1, 0.15) is 5.75 Å². The van der Waals surface area contributed by atoms with E-state index in [2.05, 4.69) is 24.1 Å². The van der Waals surface area contributed by atoms with Crippen molar-refractivity contribution in [3.63, 3.8) is 0 Å². The van der Waals surface area contributed by atoms with E-state index in [-0.39, 0.29) is 13.3 Å². The van der Waals surface area contributed by atoms with Crippen LogP contribution in [0.4, 0.5) is 5.69 Å². The third kappa shape index (κ3) is 11.8. The average molecular weight is 347 g/mol. The Kier molecular flexibility index (Phi) is 12.7. The molecule has 0 saturated carbocycles. The van der Waals surface area contributed by atoms with E-state index in [1.165, 1.54) is 18.4 Å². The van der Waals surface area contributed by atoms with E-state index >= 15 is 0 Å². The maximum Gasteiger partial charge on any atom is 0.226 e. The molecule has 4 heteroatoms. The smallest absolute Gasteiger partial charge is 0.226 e. The van der Waals surface area contributed by atoms with Crippen LogP contribution in [0.5, 0.6) is 5.75 Å². The minimum absolute atomic E-state index is 0. The third-order valence-corrected chi connectivity index (χ3v) is 3.23. The third-order valence-electron chi connectivity index (χ3n) is 3.23. The molecule has 1 amide bonds. The summed E-state index contributed by atoms with van der Waals surface area (Å²) in [4.78, 5) is 15.2. The Labute approximate surface area is 154 Å². The Morgan fingerprint density at radius 3 is 1.92 bits per heavy atom. The van der Waals surface area contributed by atoms with Gasteiger partial charge in [0.2, 0.25) is 5.91 Å². The van der Waals surface area contributed by atoms with E-state index in [1.807, 2.05) is 57.2 Å². The van der Waals surface area contributed by atoms with Gasteiger partial charge in [-0.2, -0.15) is 0 Å². The number of anilines is 1. The highest BCUT2D eigenvalue weighted by Gasteiger charge is 2.06. The van der Waals surface area contributed by atoms with Crippen molar-refractivity contribution < 1.29 is 11.0 Å². The van der Waals surface area contributed by atoms with Crippen LogP contribution in [0.25, 0.3) is 0 Å². The molecule has 0 spiro atoms. The lowest BCUT2D eigenvalue weighted by Crippen LogP contribution is -2.17. The molecule has 1 heterocycles. The van der Waals surface area contributed by atoms with Gasteiger partial charge in [-0.3, -0.25) is 9.78 Å². The molecule has 0 unspecified atom stereocenters. The lowest BCUT2D eigenvalue weighted by Gasteiger charge is -2.07. The molecule has 1 N–H and O–H groups in total. The van der Waals surface area contributed by atoms with Crippen molar-refractivity contribution in [1.29, 1.82) is 0 Å². The second kappa shape index (κ2) is 14.0. The fourth-order valence-electron chi connectivity index (χ4n) is 1.39. The average Bonchev–Trinajstić information content (AvgIpc) is 2.63. The van der Waals surface area contributed by atoms with Crippen molar-refractivity contribution in [1.82, 2.24) is 4.98 Å². The molecule has 4 nitrogen and oxygen atoms in total. The van der Waals surface area contributed by atoms with Gasteiger partial charge in [0.05, 0.1) is 7.11 Å². The molecule has 1 aromatic carbocycles. The number of carbonyl (C=O) groups excluding carboxylic acids is 1. The lowest BCUT2D eigenvalue weighted by molar-refractivity contribution is -0.118. The van der Waals surface area contributed by atoms with Crippen LogP contribution in [0.2, 0.25) is 0 Å². The number of aromatic nitrogens is 1. The number of hydrogen-bond donors (Lipinski definition) is 1. The summed E-state index contributed by atoms with van der Waals surface area (Å²) in [5.74, 6) is 0.805. The van der Waals surface area contributed by atoms with Gasteiger partial charge in [0, 0.05) is 25.4 Å². The molecule has 0 bridgehead atoms. The number of carbonyl (C=O) groups is 1. The van der Waals surface area contributed by atoms with E-state index in [0.29, 0.717) is 0 Å². The summed E-state index contributed by atoms with van der Waals surface area (Å²) < 4.78 is 5.01. The molecule has 140 valence electrons. The predicted octanol–water partition coefficient (Wildman–Crippen LogP) is 5.73. The lowest BCUT2D eigenvalue weighted by atomic mass is 10.2. The molecule has 0 aliphatic heterocycles. The van der Waals surface area contributed by atoms with Crippen LogP contribution in [0.3, 0.4) is 0 Å². The summed E-state index contributed by atoms with van der Waals surface area (Å²) in [6.45, 7) is 10.1. The van der Waals surface area contributed by atoms with E-state index in [1.54, 1.807) is 19.5 Å². The van der Waals surface area contributed by atoms with Crippen LogP contribution < -0.4 is 10.1 Å². The number of amides is 1. The molecule has 1 aromatic heterocycles. The summed E-state index contributed by atoms with van der Waals surface area (Å²) in [6, 6.07) is 11.2. The maximum absolute atomic E-state index is 11.3. The zero-order valence-electron chi connectivity index (χ0n) is 16.4. The van der Waals surface area contributed by atoms with Crippen LogP contribution in [-0.4, -0.2) is 18.0 Å². The molecule has 0 atom stereocenters. The monoisotopic (exact) mass is 346 g/mol. The van der Waals surface area contributed by atoms with E-state index in [9.17, 15) is 4.79 Å². The Morgan fingerprint density at radius 2 is 1.60 bits per heavy atom. The van der Waals surface area contributed by atoms with Gasteiger partial charge in [0.15, 0.2) is 0 Å². The highest BCUT2D eigenvalue weighted by Crippen LogP contribution is 2.15. The molecule has 2 aromatic rings. The molecule has 0 radical (unpaired) electrons. The van der Waals surface area contributed by atoms with Crippen LogP contribution in [0, 0.1) is 12.8 Å². The summed E-state index contributed by atoms with van der Waals surface area (Å²) in [7, 11) is 1.61. The molecule has 25 heavy (non-hydrogen) atoms. The number of hydrogen-bond acceptors (Lipinski definition) is 3. The van der Waals surface area contributed by atoms with Crippen molar-refractivity contribution in [3.05, 3.63) is 54.4 Å². The molecular formula is C21H34N2O2. The fraction of sp³-hybridized carbons (Fsp3) is 0.429. The molecule has 0 saturated heterocycles. The summed E-state index contributed by atoms with van der Waals surface area (Å²) in [6.07, 6.45) is 6.21. The second-order valence-corrected chi connectivity index (χ2v) is 5.90. The zero-order valence-corrected chi connectivity index (χ0v) is 16.4. The van der Waals surface area contributed by atoms with Crippen molar-refractivity contribution >= 4 is 11.6 Å². The van der Waals surface area contributed by atoms with E-state index < -0.39 is 0 Å². The van der Waals surface area contributed by atoms with E-state index in [4.69, 9.17) is 4.74 Å². The number of unbranched alkanes of at least 4 members (excludes halogenated alkanes) is 1. The van der Waals surface area contributed by atoms with Crippen LogP contribution in [0.15, 0.2) is 48.8 Å². The van der Waals surface area contributed by atoms with Crippen LogP contribution in [0.1, 0.15) is 47.5 Å². The van der Waals surface area contributed by atoms with Gasteiger partial charge in [-0.05, 0) is 48.9 Å². The highest BCUT2D eigenvalue weighted by molar-refractivity contribution is 5.92. The fourth-order valence-corrected chi connectivity index (χ4v) is 1.39. The summed E-state index contributed by atoms with van der Waals surface area (Å²) >= 11 is 0. The normalized spacial score (nSPS) is 9.24. The quantitative estimate of drug-likeness (QED) is 0.769. The number of aryl methyl sites for hydroxylation is 1. The van der Waals surface area contributed by atoms with Gasteiger partial charge < -0.3 is 10.1 Å². The largest absolute Gasteiger partial charge is 0.497 e. The number of methoxy groups -OCH3 is 1. The minimum Gasteiger partial charge on any atom is -0.497 e. The molecular weight excluding hydrogens is 312 g/mol. The first-order valence-corrected chi connectivity index (χ1v) is 8.76. The first kappa shape index (κ1) is 22.6. The summed E-state index contributed by atoms with van der Waals surface area (Å²) in [5, 5.41) is 2.80. The Morgan fingerprint density at radius 1 is 1.08 bits per heavy atom. The molecule has 0 aliphatic rings. The van der Waals surface area contributed by atoms with Crippen LogP contribution >= 0.6 is 0 Å². The van der Waals surface area contributed by atoms with Gasteiger partial charge in [0.25, 0.3) is 0 Å². The SMILES string of the molecule is CCCC.COc1ccc(NC(=O)C(C)C)cc1.Cc1ccncc1.[HH]. The molecule has 0 aliphatic carbocycles. The van der Waals surface area contributed by atoms with Gasteiger partial charge in [-0.25, -0.2) is 0 Å². The maximum atomic E-state index is 11.3. The van der Waals surface area contributed by atoms with Gasteiger partial charge in [-0.15, -0.1) is 0 Å². The van der Waals surface area contributed by atoms with Crippen molar-refractivity contribution in [2.75, 3.05) is 12.4 Å². The number of rotatable bonds is 4. The number of ether oxygens (including phenoxy) is 1. The Hall–Kier alpha value is -2.36. The van der Waals surface area contributed by atoms with E-state index in [0.717, 1.165) is 11.4 Å². The van der Waals surface area contributed by atoms with Crippen molar-refractivity contribution in [2.24, 2.45) is 5.92 Å². The molecule has 0 fully saturated rings. The summed E-state index contributed by atoms with van der Waals surface area (Å²) in [5.41, 5.74) is 2.06. The minimum atomic E-state index is -0.00268. The highest BCUT2D eigenvalue weighted by atomic mass is 16.5. The second-order valence-electron chi connectivity index (χ2n) is 5.90. The standard InChI is InChI=1S/C11H15NO2.C6H7N.C4H10.H2/c1-8(2)11(13)12-9-4-6-10(14-3)7-5-9;1-6-2-4-7-5-3-6;1-3-4-2;/h4-8H,1-3H3,(H,12,13);2-5H,1H3;3-4H2,1-2H3;1H. The zero-order chi connectivity index (χ0) is 19.1. The number of nitrogens with one attached hydrogen (secondary N) is 1. The van der Waals surface area contributed by atoms with Gasteiger partial charge in [-0.1, -0.05) is 40.5 Å². The first-order chi connectivity index (χ1) is 11.9. The first-order valence-electron chi connectivity index (χ1n) is 8.76. The number of pyridine rings is 1. The van der Waals surface area contributed by atoms with Crippen LogP contribution in [-0.2, 0) is 4.79 Å². The number of nitrogens with zero attached hydrogens (tertiary/aromatic N) is 1. The molecule has 2 rings (SSSR count). The Balaban J connectivity index is 0. The predicted molar refractivity (Wildman–Crippen MR) is 108 cm³/mol. The number of benzene rings is 1. The topological polar surface area (TPSA) is 51.2 Å². The van der Waals surface area contributed by atoms with Crippen molar-refractivity contribution in [2.45, 2.75) is 47.5 Å². The van der Waals surface area contributed by atoms with Gasteiger partial charge >= 0.3 is 0 Å². The Bertz CT molecular complexity index is 570.